The fourth-order valence-corrected chi connectivity index (χ4v) is 5.74. The molecular formula is C22H17F3N2O3S. The van der Waals surface area contributed by atoms with Gasteiger partial charge in [-0.3, -0.25) is 0 Å². The van der Waals surface area contributed by atoms with Gasteiger partial charge in [0.2, 0.25) is 5.67 Å². The van der Waals surface area contributed by atoms with Gasteiger partial charge in [-0.05, 0) is 53.3 Å². The monoisotopic (exact) mass is 446 g/mol. The summed E-state index contributed by atoms with van der Waals surface area (Å²) >= 11 is 0. The van der Waals surface area contributed by atoms with Gasteiger partial charge in [0.15, 0.2) is 9.84 Å². The first-order chi connectivity index (χ1) is 14.5. The first kappa shape index (κ1) is 21.4. The van der Waals surface area contributed by atoms with Crippen LogP contribution in [0.4, 0.5) is 13.2 Å². The first-order valence-corrected chi connectivity index (χ1v) is 11.4. The van der Waals surface area contributed by atoms with Crippen molar-refractivity contribution in [3.05, 3.63) is 63.5 Å². The largest absolute Gasteiger partial charge is 0.384 e. The summed E-state index contributed by atoms with van der Waals surface area (Å²) in [6.45, 7) is 0. The zero-order valence-electron chi connectivity index (χ0n) is 16.4. The Balaban J connectivity index is 2.01. The molecule has 2 aromatic carbocycles. The molecular weight excluding hydrogens is 429 g/mol. The Hall–Kier alpha value is -2.88. The van der Waals surface area contributed by atoms with Crippen molar-refractivity contribution in [2.24, 2.45) is 0 Å². The van der Waals surface area contributed by atoms with Gasteiger partial charge in [-0.15, -0.1) is 0 Å². The Morgan fingerprint density at radius 2 is 1.87 bits per heavy atom. The maximum absolute atomic E-state index is 15.1. The molecule has 4 rings (SSSR count). The van der Waals surface area contributed by atoms with Crippen LogP contribution in [-0.2, 0) is 16.3 Å². The third-order valence-corrected chi connectivity index (χ3v) is 7.30. The van der Waals surface area contributed by atoms with E-state index in [0.29, 0.717) is 5.56 Å². The summed E-state index contributed by atoms with van der Waals surface area (Å²) in [5, 5.41) is 29.3. The number of aliphatic hydroxyl groups excluding tert-OH is 1. The fraction of sp³-hybridized carbons (Fsp3) is 0.364. The number of hydrogen-bond donors (Lipinski definition) is 1. The molecule has 31 heavy (non-hydrogen) atoms. The molecule has 0 amide bonds. The molecule has 2 aromatic rings. The minimum Gasteiger partial charge on any atom is -0.384 e. The SMILES string of the molecule is CS(=O)(=O)c1ccc([C@H]2CC[C@H](F)c3cc(F)cc(C#N)c32)c2c1[C@H](O)[C@@](F)(C#N)C2. The number of fused-ring (bicyclic) bond motifs is 2. The van der Waals surface area contributed by atoms with Gasteiger partial charge in [0.1, 0.15) is 24.2 Å². The molecule has 2 aliphatic rings. The van der Waals surface area contributed by atoms with Crippen molar-refractivity contribution in [2.45, 2.75) is 48.0 Å². The summed E-state index contributed by atoms with van der Waals surface area (Å²) in [5.41, 5.74) is -2.13. The Labute approximate surface area is 177 Å². The number of aliphatic hydroxyl groups is 1. The predicted molar refractivity (Wildman–Crippen MR) is 104 cm³/mol. The third kappa shape index (κ3) is 3.20. The number of hydrogen-bond acceptors (Lipinski definition) is 5. The molecule has 0 saturated carbocycles. The maximum Gasteiger partial charge on any atom is 0.229 e. The molecule has 0 spiro atoms. The van der Waals surface area contributed by atoms with Crippen LogP contribution in [-0.4, -0.2) is 25.4 Å². The lowest BCUT2D eigenvalue weighted by Gasteiger charge is -2.31. The number of halogens is 3. The fourth-order valence-electron chi connectivity index (χ4n) is 4.79. The molecule has 0 aromatic heterocycles. The Bertz CT molecular complexity index is 1300. The summed E-state index contributed by atoms with van der Waals surface area (Å²) in [6, 6.07) is 8.01. The summed E-state index contributed by atoms with van der Waals surface area (Å²) in [4.78, 5) is -0.285. The van der Waals surface area contributed by atoms with E-state index >= 15 is 4.39 Å². The average Bonchev–Trinajstić information content (AvgIpc) is 2.98. The molecule has 0 fully saturated rings. The molecule has 0 unspecified atom stereocenters. The molecule has 0 saturated heterocycles. The Morgan fingerprint density at radius 3 is 2.48 bits per heavy atom. The molecule has 5 nitrogen and oxygen atoms in total. The van der Waals surface area contributed by atoms with Gasteiger partial charge >= 0.3 is 0 Å². The van der Waals surface area contributed by atoms with Crippen LogP contribution in [0.15, 0.2) is 29.2 Å². The average molecular weight is 446 g/mol. The second-order valence-corrected chi connectivity index (χ2v) is 10.0. The number of nitriles is 2. The van der Waals surface area contributed by atoms with Gasteiger partial charge < -0.3 is 5.11 Å². The molecule has 0 radical (unpaired) electrons. The molecule has 0 aliphatic heterocycles. The normalized spacial score (nSPS) is 27.1. The van der Waals surface area contributed by atoms with Crippen molar-refractivity contribution in [1.82, 2.24) is 0 Å². The van der Waals surface area contributed by atoms with Gasteiger partial charge in [-0.1, -0.05) is 6.07 Å². The van der Waals surface area contributed by atoms with E-state index in [-0.39, 0.29) is 45.6 Å². The van der Waals surface area contributed by atoms with Gasteiger partial charge in [-0.2, -0.15) is 10.5 Å². The quantitative estimate of drug-likeness (QED) is 0.755. The lowest BCUT2D eigenvalue weighted by molar-refractivity contribution is 0.0433. The third-order valence-electron chi connectivity index (χ3n) is 6.15. The summed E-state index contributed by atoms with van der Waals surface area (Å²) < 4.78 is 68.2. The lowest BCUT2D eigenvalue weighted by atomic mass is 9.74. The number of benzene rings is 2. The summed E-state index contributed by atoms with van der Waals surface area (Å²) in [7, 11) is -3.85. The van der Waals surface area contributed by atoms with Crippen LogP contribution in [0.3, 0.4) is 0 Å². The summed E-state index contributed by atoms with van der Waals surface area (Å²) in [6.07, 6.45) is -2.86. The van der Waals surface area contributed by atoms with Crippen molar-refractivity contribution in [3.8, 4) is 12.1 Å². The molecule has 0 bridgehead atoms. The van der Waals surface area contributed by atoms with E-state index in [4.69, 9.17) is 0 Å². The molecule has 2 aliphatic carbocycles. The lowest BCUT2D eigenvalue weighted by Crippen LogP contribution is -2.26. The first-order valence-electron chi connectivity index (χ1n) is 9.53. The topological polar surface area (TPSA) is 102 Å². The van der Waals surface area contributed by atoms with E-state index in [9.17, 15) is 32.8 Å². The van der Waals surface area contributed by atoms with Crippen LogP contribution in [0, 0.1) is 28.5 Å². The van der Waals surface area contributed by atoms with Crippen molar-refractivity contribution in [2.75, 3.05) is 6.26 Å². The highest BCUT2D eigenvalue weighted by molar-refractivity contribution is 7.90. The van der Waals surface area contributed by atoms with Crippen molar-refractivity contribution < 1.29 is 26.7 Å². The zero-order valence-corrected chi connectivity index (χ0v) is 17.2. The molecule has 160 valence electrons. The van der Waals surface area contributed by atoms with Gasteiger partial charge in [-0.25, -0.2) is 21.6 Å². The van der Waals surface area contributed by atoms with E-state index in [1.807, 2.05) is 6.07 Å². The van der Waals surface area contributed by atoms with E-state index in [1.54, 1.807) is 0 Å². The Kier molecular flexibility index (Phi) is 4.88. The van der Waals surface area contributed by atoms with Crippen LogP contribution in [0.1, 0.15) is 64.4 Å². The highest BCUT2D eigenvalue weighted by atomic mass is 32.2. The van der Waals surface area contributed by atoms with Crippen LogP contribution in [0.2, 0.25) is 0 Å². The number of nitrogens with zero attached hydrogens (tertiary/aromatic N) is 2. The van der Waals surface area contributed by atoms with Crippen LogP contribution in [0.25, 0.3) is 0 Å². The summed E-state index contributed by atoms with van der Waals surface area (Å²) in [5.74, 6) is -1.40. The highest BCUT2D eigenvalue weighted by Crippen LogP contribution is 2.51. The standard InChI is InChI=1S/C22H17F3N2O3S/c1-31(29,30)18-5-3-13(16-8-22(25,10-27)21(28)20(16)18)14-2-4-17(24)15-7-12(23)6-11(9-26)19(14)15/h3,5-7,14,17,21,28H,2,4,8H2,1H3/t14-,17+,21+,22+/m1/s1. The van der Waals surface area contributed by atoms with Gasteiger partial charge in [0.05, 0.1) is 16.5 Å². The second-order valence-electron chi connectivity index (χ2n) is 8.04. The highest BCUT2D eigenvalue weighted by Gasteiger charge is 2.50. The predicted octanol–water partition coefficient (Wildman–Crippen LogP) is 3.86. The molecule has 0 heterocycles. The van der Waals surface area contributed by atoms with E-state index in [2.05, 4.69) is 0 Å². The van der Waals surface area contributed by atoms with Crippen molar-refractivity contribution in [1.29, 1.82) is 10.5 Å². The van der Waals surface area contributed by atoms with Crippen LogP contribution < -0.4 is 0 Å². The van der Waals surface area contributed by atoms with E-state index < -0.39 is 45.9 Å². The van der Waals surface area contributed by atoms with Crippen molar-refractivity contribution >= 4 is 9.84 Å². The number of rotatable bonds is 2. The van der Waals surface area contributed by atoms with Crippen LogP contribution >= 0.6 is 0 Å². The smallest absolute Gasteiger partial charge is 0.229 e. The van der Waals surface area contributed by atoms with E-state index in [0.717, 1.165) is 18.4 Å². The molecule has 9 heteroatoms. The van der Waals surface area contributed by atoms with Crippen molar-refractivity contribution in [3.63, 3.8) is 0 Å². The minimum atomic E-state index is -3.85. The van der Waals surface area contributed by atoms with Gasteiger partial charge in [0, 0.05) is 24.2 Å². The number of alkyl halides is 2. The number of sulfone groups is 1. The zero-order chi connectivity index (χ0) is 22.7. The molecule has 4 atom stereocenters. The Morgan fingerprint density at radius 1 is 1.16 bits per heavy atom. The molecule has 1 N–H and O–H groups in total. The van der Waals surface area contributed by atoms with Crippen LogP contribution in [0.5, 0.6) is 0 Å². The minimum absolute atomic E-state index is 0.0240. The second kappa shape index (κ2) is 7.08. The maximum atomic E-state index is 15.1. The van der Waals surface area contributed by atoms with Gasteiger partial charge in [0.25, 0.3) is 0 Å². The van der Waals surface area contributed by atoms with E-state index in [1.165, 1.54) is 18.2 Å².